The van der Waals surface area contributed by atoms with Crippen LogP contribution in [0.15, 0.2) is 17.5 Å². The number of rotatable bonds is 4. The Labute approximate surface area is 154 Å². The minimum Gasteiger partial charge on any atom is -0.353 e. The van der Waals surface area contributed by atoms with Crippen LogP contribution in [0.4, 0.5) is 0 Å². The van der Waals surface area contributed by atoms with Crippen LogP contribution in [-0.2, 0) is 4.79 Å². The number of hydrogen-bond acceptors (Lipinski definition) is 3. The molecule has 1 aliphatic heterocycles. The largest absolute Gasteiger partial charge is 0.353 e. The highest BCUT2D eigenvalue weighted by Gasteiger charge is 2.42. The Balaban J connectivity index is 1.33. The summed E-state index contributed by atoms with van der Waals surface area (Å²) >= 11 is 1.48. The third-order valence-corrected chi connectivity index (χ3v) is 7.47. The zero-order valence-electron chi connectivity index (χ0n) is 14.9. The normalized spacial score (nSPS) is 32.6. The maximum absolute atomic E-state index is 12.8. The van der Waals surface area contributed by atoms with E-state index >= 15 is 0 Å². The quantitative estimate of drug-likeness (QED) is 0.893. The Morgan fingerprint density at radius 1 is 1.28 bits per heavy atom. The monoisotopic (exact) mass is 360 g/mol. The molecule has 5 heteroatoms. The highest BCUT2D eigenvalue weighted by atomic mass is 32.1. The molecule has 2 saturated carbocycles. The first-order valence-electron chi connectivity index (χ1n) is 9.75. The van der Waals surface area contributed by atoms with Gasteiger partial charge in [0.15, 0.2) is 0 Å². The van der Waals surface area contributed by atoms with Crippen LogP contribution in [0.3, 0.4) is 0 Å². The zero-order valence-corrected chi connectivity index (χ0v) is 15.8. The number of nitrogens with one attached hydrogen (secondary N) is 1. The summed E-state index contributed by atoms with van der Waals surface area (Å²) in [5.74, 6) is 2.56. The second kappa shape index (κ2) is 7.10. The van der Waals surface area contributed by atoms with Gasteiger partial charge in [-0.05, 0) is 68.2 Å². The highest BCUT2D eigenvalue weighted by Crippen LogP contribution is 2.49. The van der Waals surface area contributed by atoms with Gasteiger partial charge in [0, 0.05) is 19.1 Å². The second-order valence-electron chi connectivity index (χ2n) is 8.20. The summed E-state index contributed by atoms with van der Waals surface area (Å²) in [6.45, 7) is 3.51. The second-order valence-corrected chi connectivity index (χ2v) is 9.15. The van der Waals surface area contributed by atoms with Crippen molar-refractivity contribution in [3.8, 4) is 0 Å². The Morgan fingerprint density at radius 3 is 2.84 bits per heavy atom. The van der Waals surface area contributed by atoms with Crippen LogP contribution in [0.25, 0.3) is 0 Å². The summed E-state index contributed by atoms with van der Waals surface area (Å²) in [5.41, 5.74) is 0. The van der Waals surface area contributed by atoms with Gasteiger partial charge in [-0.1, -0.05) is 12.5 Å². The smallest absolute Gasteiger partial charge is 0.263 e. The van der Waals surface area contributed by atoms with E-state index in [0.717, 1.165) is 36.1 Å². The fourth-order valence-electron chi connectivity index (χ4n) is 5.29. The molecule has 0 unspecified atom stereocenters. The lowest BCUT2D eigenvalue weighted by Gasteiger charge is -2.34. The van der Waals surface area contributed by atoms with E-state index < -0.39 is 0 Å². The molecule has 25 heavy (non-hydrogen) atoms. The van der Waals surface area contributed by atoms with Crippen LogP contribution in [0.5, 0.6) is 0 Å². The number of fused-ring (bicyclic) bond motifs is 2. The molecule has 0 spiro atoms. The van der Waals surface area contributed by atoms with Gasteiger partial charge in [0.05, 0.1) is 10.8 Å². The molecule has 1 N–H and O–H groups in total. The van der Waals surface area contributed by atoms with Gasteiger partial charge < -0.3 is 10.2 Å². The van der Waals surface area contributed by atoms with Crippen molar-refractivity contribution in [1.29, 1.82) is 0 Å². The molecule has 136 valence electrons. The molecule has 0 aromatic carbocycles. The first-order chi connectivity index (χ1) is 12.1. The predicted molar refractivity (Wildman–Crippen MR) is 99.5 cm³/mol. The third-order valence-electron chi connectivity index (χ3n) is 6.62. The average Bonchev–Trinajstić information content (AvgIpc) is 3.38. The Bertz CT molecular complexity index is 630. The number of carbonyl (C=O) groups excluding carboxylic acids is 2. The minimum atomic E-state index is -0.0568. The zero-order chi connectivity index (χ0) is 17.4. The number of hydrogen-bond donors (Lipinski definition) is 1. The van der Waals surface area contributed by atoms with Crippen molar-refractivity contribution in [2.75, 3.05) is 13.1 Å². The first-order valence-corrected chi connectivity index (χ1v) is 10.6. The molecule has 0 radical (unpaired) electrons. The number of piperidine rings is 1. The predicted octanol–water partition coefficient (Wildman–Crippen LogP) is 3.54. The van der Waals surface area contributed by atoms with Gasteiger partial charge in [0.2, 0.25) is 5.91 Å². The van der Waals surface area contributed by atoms with E-state index in [9.17, 15) is 9.59 Å². The van der Waals surface area contributed by atoms with E-state index in [1.54, 1.807) is 0 Å². The summed E-state index contributed by atoms with van der Waals surface area (Å²) in [4.78, 5) is 28.0. The molecule has 5 atom stereocenters. The average molecular weight is 361 g/mol. The van der Waals surface area contributed by atoms with Crippen LogP contribution in [0.1, 0.15) is 55.1 Å². The van der Waals surface area contributed by atoms with Crippen LogP contribution in [-0.4, -0.2) is 35.8 Å². The lowest BCUT2D eigenvalue weighted by Crippen LogP contribution is -2.48. The number of amides is 2. The van der Waals surface area contributed by atoms with Crippen molar-refractivity contribution in [1.82, 2.24) is 10.2 Å². The number of nitrogens with zero attached hydrogens (tertiary/aromatic N) is 1. The van der Waals surface area contributed by atoms with Crippen molar-refractivity contribution in [2.45, 2.75) is 51.5 Å². The van der Waals surface area contributed by atoms with E-state index in [-0.39, 0.29) is 23.8 Å². The molecule has 1 saturated heterocycles. The molecule has 2 heterocycles. The summed E-state index contributed by atoms with van der Waals surface area (Å²) < 4.78 is 0. The Kier molecular flexibility index (Phi) is 4.85. The minimum absolute atomic E-state index is 0.0568. The van der Waals surface area contributed by atoms with E-state index in [4.69, 9.17) is 0 Å². The molecule has 4 nitrogen and oxygen atoms in total. The van der Waals surface area contributed by atoms with E-state index in [1.807, 2.05) is 22.4 Å². The van der Waals surface area contributed by atoms with Gasteiger partial charge >= 0.3 is 0 Å². The Hall–Kier alpha value is -1.36. The number of thiophene rings is 1. The van der Waals surface area contributed by atoms with Crippen molar-refractivity contribution in [3.63, 3.8) is 0 Å². The third kappa shape index (κ3) is 3.48. The fourth-order valence-corrected chi connectivity index (χ4v) is 5.98. The van der Waals surface area contributed by atoms with E-state index in [0.29, 0.717) is 12.5 Å². The first kappa shape index (κ1) is 17.1. The molecular formula is C20H28N2O2S. The molecule has 2 bridgehead atoms. The molecule has 3 aliphatic rings. The molecular weight excluding hydrogens is 332 g/mol. The molecule has 2 aliphatic carbocycles. The van der Waals surface area contributed by atoms with Gasteiger partial charge in [-0.3, -0.25) is 9.59 Å². The van der Waals surface area contributed by atoms with Crippen LogP contribution in [0.2, 0.25) is 0 Å². The summed E-state index contributed by atoms with van der Waals surface area (Å²) in [7, 11) is 0. The van der Waals surface area contributed by atoms with E-state index in [2.05, 4.69) is 12.2 Å². The lowest BCUT2D eigenvalue weighted by molar-refractivity contribution is -0.127. The maximum atomic E-state index is 12.8. The van der Waals surface area contributed by atoms with Gasteiger partial charge in [-0.25, -0.2) is 0 Å². The molecule has 3 fully saturated rings. The van der Waals surface area contributed by atoms with E-state index in [1.165, 1.54) is 37.0 Å². The number of likely N-dealkylation sites (tertiary alicyclic amines) is 1. The molecule has 2 amide bonds. The van der Waals surface area contributed by atoms with Crippen molar-refractivity contribution >= 4 is 23.2 Å². The van der Waals surface area contributed by atoms with Gasteiger partial charge in [0.25, 0.3) is 5.91 Å². The standard InChI is InChI=1S/C20H28N2O2S/c1-13(17-11-14-6-7-15(17)10-14)21-19(23)16-4-2-8-22(12-16)20(24)18-5-3-9-25-18/h3,5,9,13-17H,2,4,6-8,10-12H2,1H3,(H,21,23)/t13-,14-,15-,16+,17-/m0/s1. The summed E-state index contributed by atoms with van der Waals surface area (Å²) in [6, 6.07) is 4.04. The summed E-state index contributed by atoms with van der Waals surface area (Å²) in [5, 5.41) is 5.23. The van der Waals surface area contributed by atoms with Crippen LogP contribution < -0.4 is 5.32 Å². The maximum Gasteiger partial charge on any atom is 0.263 e. The molecule has 1 aromatic heterocycles. The lowest BCUT2D eigenvalue weighted by atomic mass is 9.83. The van der Waals surface area contributed by atoms with Crippen molar-refractivity contribution < 1.29 is 9.59 Å². The van der Waals surface area contributed by atoms with Crippen molar-refractivity contribution in [3.05, 3.63) is 22.4 Å². The van der Waals surface area contributed by atoms with Gasteiger partial charge in [-0.2, -0.15) is 0 Å². The summed E-state index contributed by atoms with van der Waals surface area (Å²) in [6.07, 6.45) is 7.21. The Morgan fingerprint density at radius 2 is 2.16 bits per heavy atom. The van der Waals surface area contributed by atoms with Gasteiger partial charge in [0.1, 0.15) is 0 Å². The topological polar surface area (TPSA) is 49.4 Å². The van der Waals surface area contributed by atoms with Crippen LogP contribution in [0, 0.1) is 23.7 Å². The SMILES string of the molecule is C[C@H](NC(=O)[C@@H]1CCCN(C(=O)c2cccs2)C1)[C@@H]1C[C@H]2CC[C@H]1C2. The molecule has 4 rings (SSSR count). The highest BCUT2D eigenvalue weighted by molar-refractivity contribution is 7.12. The van der Waals surface area contributed by atoms with Crippen molar-refractivity contribution in [2.24, 2.45) is 23.7 Å². The van der Waals surface area contributed by atoms with Crippen LogP contribution >= 0.6 is 11.3 Å². The van der Waals surface area contributed by atoms with Gasteiger partial charge in [-0.15, -0.1) is 11.3 Å². The number of carbonyl (C=O) groups is 2. The fraction of sp³-hybridized carbons (Fsp3) is 0.700. The molecule has 1 aromatic rings.